The largest absolute Gasteiger partial charge is 0.497 e. The van der Waals surface area contributed by atoms with Crippen molar-refractivity contribution in [2.24, 2.45) is 4.99 Å². The number of likely N-dealkylation sites (N-methyl/N-ethyl adjacent to an activating group) is 1. The number of carbonyl (C=O) groups is 1. The van der Waals surface area contributed by atoms with Crippen LogP contribution >= 0.6 is 24.0 Å². The van der Waals surface area contributed by atoms with E-state index in [0.717, 1.165) is 50.9 Å². The molecule has 0 spiro atoms. The van der Waals surface area contributed by atoms with Crippen LogP contribution in [0.5, 0.6) is 5.75 Å². The van der Waals surface area contributed by atoms with E-state index in [-0.39, 0.29) is 36.4 Å². The highest BCUT2D eigenvalue weighted by molar-refractivity contribution is 14.0. The number of guanidine groups is 1. The summed E-state index contributed by atoms with van der Waals surface area (Å²) in [5.74, 6) is 1.67. The van der Waals surface area contributed by atoms with Gasteiger partial charge in [-0.3, -0.25) is 4.79 Å². The van der Waals surface area contributed by atoms with E-state index in [2.05, 4.69) is 56.5 Å². The van der Waals surface area contributed by atoms with Gasteiger partial charge in [-0.15, -0.1) is 24.0 Å². The van der Waals surface area contributed by atoms with Crippen molar-refractivity contribution in [1.29, 1.82) is 0 Å². The molecule has 0 unspecified atom stereocenters. The first kappa shape index (κ1) is 25.8. The fourth-order valence-electron chi connectivity index (χ4n) is 3.48. The first-order chi connectivity index (χ1) is 15.1. The van der Waals surface area contributed by atoms with Gasteiger partial charge in [0.05, 0.1) is 7.11 Å². The Hall–Kier alpha value is -2.49. The molecule has 1 aliphatic rings. The summed E-state index contributed by atoms with van der Waals surface area (Å²) in [4.78, 5) is 22.9. The Morgan fingerprint density at radius 3 is 2.28 bits per heavy atom. The maximum Gasteiger partial charge on any atom is 0.243 e. The van der Waals surface area contributed by atoms with Crippen molar-refractivity contribution in [3.05, 3.63) is 60.2 Å². The topological polar surface area (TPSA) is 60.4 Å². The number of halogens is 1. The van der Waals surface area contributed by atoms with Crippen molar-refractivity contribution < 1.29 is 9.53 Å². The van der Waals surface area contributed by atoms with Crippen LogP contribution in [-0.2, 0) is 11.2 Å². The van der Waals surface area contributed by atoms with E-state index >= 15 is 0 Å². The number of hydrogen-bond donors (Lipinski definition) is 1. The molecule has 174 valence electrons. The van der Waals surface area contributed by atoms with E-state index in [1.165, 1.54) is 11.3 Å². The molecule has 0 aliphatic carbocycles. The summed E-state index contributed by atoms with van der Waals surface area (Å²) in [7, 11) is 5.20. The number of nitrogens with zero attached hydrogens (tertiary/aromatic N) is 4. The zero-order valence-electron chi connectivity index (χ0n) is 19.2. The zero-order chi connectivity index (χ0) is 22.1. The van der Waals surface area contributed by atoms with Gasteiger partial charge in [0.25, 0.3) is 0 Å². The van der Waals surface area contributed by atoms with Gasteiger partial charge in [-0.2, -0.15) is 0 Å². The predicted molar refractivity (Wildman–Crippen MR) is 141 cm³/mol. The van der Waals surface area contributed by atoms with Crippen molar-refractivity contribution in [1.82, 2.24) is 15.1 Å². The van der Waals surface area contributed by atoms with Crippen molar-refractivity contribution in [2.45, 2.75) is 6.42 Å². The zero-order valence-corrected chi connectivity index (χ0v) is 21.5. The minimum Gasteiger partial charge on any atom is -0.497 e. The standard InChI is InChI=1S/C24H33N5O2.HI/c1-27(2)23(30)19-26-24(25-14-13-20-7-5-4-6-8-20)29-17-15-28(16-18-29)21-9-11-22(31-3)12-10-21;/h4-12H,13-19H2,1-3H3,(H,25,26);1H. The van der Waals surface area contributed by atoms with E-state index in [0.29, 0.717) is 0 Å². The second-order valence-corrected chi connectivity index (χ2v) is 7.76. The molecular weight excluding hydrogens is 517 g/mol. The maximum absolute atomic E-state index is 12.1. The van der Waals surface area contributed by atoms with Crippen LogP contribution in [-0.4, -0.2) is 82.1 Å². The minimum atomic E-state index is -0.000715. The molecule has 0 atom stereocenters. The number of amides is 1. The molecule has 1 fully saturated rings. The lowest BCUT2D eigenvalue weighted by Crippen LogP contribution is -2.53. The highest BCUT2D eigenvalue weighted by Crippen LogP contribution is 2.20. The third-order valence-electron chi connectivity index (χ3n) is 5.42. The molecule has 0 saturated carbocycles. The Labute approximate surface area is 208 Å². The fourth-order valence-corrected chi connectivity index (χ4v) is 3.48. The van der Waals surface area contributed by atoms with Gasteiger partial charge in [-0.1, -0.05) is 30.3 Å². The average molecular weight is 551 g/mol. The summed E-state index contributed by atoms with van der Waals surface area (Å²) in [6.45, 7) is 4.41. The Kier molecular flexibility index (Phi) is 10.6. The van der Waals surface area contributed by atoms with E-state index in [4.69, 9.17) is 4.74 Å². The lowest BCUT2D eigenvalue weighted by Gasteiger charge is -2.37. The molecule has 0 radical (unpaired) electrons. The van der Waals surface area contributed by atoms with Crippen molar-refractivity contribution in [3.8, 4) is 5.75 Å². The lowest BCUT2D eigenvalue weighted by atomic mass is 10.1. The van der Waals surface area contributed by atoms with Crippen LogP contribution in [0.4, 0.5) is 5.69 Å². The first-order valence-corrected chi connectivity index (χ1v) is 10.7. The van der Waals surface area contributed by atoms with Gasteiger partial charge < -0.3 is 24.8 Å². The first-order valence-electron chi connectivity index (χ1n) is 10.7. The van der Waals surface area contributed by atoms with Crippen molar-refractivity contribution >= 4 is 41.5 Å². The van der Waals surface area contributed by atoms with Gasteiger partial charge in [0, 0.05) is 52.5 Å². The van der Waals surface area contributed by atoms with Crippen LogP contribution < -0.4 is 15.0 Å². The summed E-state index contributed by atoms with van der Waals surface area (Å²) in [5, 5.41) is 3.47. The highest BCUT2D eigenvalue weighted by Gasteiger charge is 2.20. The molecule has 1 aliphatic heterocycles. The molecule has 7 nitrogen and oxygen atoms in total. The summed E-state index contributed by atoms with van der Waals surface area (Å²) in [6, 6.07) is 18.6. The van der Waals surface area contributed by atoms with Crippen LogP contribution in [0.2, 0.25) is 0 Å². The number of hydrogen-bond acceptors (Lipinski definition) is 4. The summed E-state index contributed by atoms with van der Waals surface area (Å²) in [5.41, 5.74) is 2.47. The second kappa shape index (κ2) is 13.1. The Morgan fingerprint density at radius 2 is 1.69 bits per heavy atom. The lowest BCUT2D eigenvalue weighted by molar-refractivity contribution is -0.127. The van der Waals surface area contributed by atoms with E-state index < -0.39 is 0 Å². The molecule has 1 saturated heterocycles. The second-order valence-electron chi connectivity index (χ2n) is 7.76. The predicted octanol–water partition coefficient (Wildman–Crippen LogP) is 2.71. The Morgan fingerprint density at radius 1 is 1.03 bits per heavy atom. The number of aliphatic imine (C=N–C) groups is 1. The van der Waals surface area contributed by atoms with Crippen LogP contribution in [0.25, 0.3) is 0 Å². The Bertz CT molecular complexity index is 850. The van der Waals surface area contributed by atoms with E-state index in [1.807, 2.05) is 18.2 Å². The molecule has 1 heterocycles. The number of ether oxygens (including phenoxy) is 1. The number of benzene rings is 2. The van der Waals surface area contributed by atoms with Gasteiger partial charge in [0.1, 0.15) is 12.3 Å². The van der Waals surface area contributed by atoms with Crippen LogP contribution in [0.3, 0.4) is 0 Å². The van der Waals surface area contributed by atoms with Crippen LogP contribution in [0.15, 0.2) is 59.6 Å². The molecule has 3 rings (SSSR count). The molecule has 32 heavy (non-hydrogen) atoms. The number of anilines is 1. The van der Waals surface area contributed by atoms with Gasteiger partial charge >= 0.3 is 0 Å². The number of nitrogens with one attached hydrogen (secondary N) is 1. The van der Waals surface area contributed by atoms with Crippen molar-refractivity contribution in [3.63, 3.8) is 0 Å². The number of rotatable bonds is 7. The number of piperazine rings is 1. The normalized spacial score (nSPS) is 13.9. The molecule has 1 N–H and O–H groups in total. The van der Waals surface area contributed by atoms with Gasteiger partial charge in [-0.25, -0.2) is 4.99 Å². The SMILES string of the molecule is COc1ccc(N2CCN(C(=NCC(=O)N(C)C)NCCc3ccccc3)CC2)cc1.I. The third-order valence-corrected chi connectivity index (χ3v) is 5.42. The van der Waals surface area contributed by atoms with E-state index in [9.17, 15) is 4.79 Å². The van der Waals surface area contributed by atoms with Gasteiger partial charge in [-0.05, 0) is 36.2 Å². The molecule has 0 aromatic heterocycles. The van der Waals surface area contributed by atoms with E-state index in [1.54, 1.807) is 26.1 Å². The fraction of sp³-hybridized carbons (Fsp3) is 0.417. The average Bonchev–Trinajstić information content (AvgIpc) is 2.82. The summed E-state index contributed by atoms with van der Waals surface area (Å²) >= 11 is 0. The molecular formula is C24H34IN5O2. The minimum absolute atomic E-state index is 0. The summed E-state index contributed by atoms with van der Waals surface area (Å²) in [6.07, 6.45) is 0.910. The summed E-state index contributed by atoms with van der Waals surface area (Å²) < 4.78 is 5.26. The number of carbonyl (C=O) groups excluding carboxylic acids is 1. The molecule has 8 heteroatoms. The monoisotopic (exact) mass is 551 g/mol. The molecule has 0 bridgehead atoms. The van der Waals surface area contributed by atoms with Gasteiger partial charge in [0.15, 0.2) is 5.96 Å². The van der Waals surface area contributed by atoms with Crippen LogP contribution in [0.1, 0.15) is 5.56 Å². The molecule has 2 aromatic carbocycles. The quantitative estimate of drug-likeness (QED) is 0.326. The van der Waals surface area contributed by atoms with Crippen molar-refractivity contribution in [2.75, 3.05) is 65.4 Å². The smallest absolute Gasteiger partial charge is 0.243 e. The number of methoxy groups -OCH3 is 1. The van der Waals surface area contributed by atoms with Crippen LogP contribution in [0, 0.1) is 0 Å². The third kappa shape index (κ3) is 7.58. The molecule has 2 aromatic rings. The van der Waals surface area contributed by atoms with Gasteiger partial charge in [0.2, 0.25) is 5.91 Å². The Balaban J connectivity index is 0.00000363. The maximum atomic E-state index is 12.1. The highest BCUT2D eigenvalue weighted by atomic mass is 127. The molecule has 1 amide bonds.